The van der Waals surface area contributed by atoms with Gasteiger partial charge in [0.2, 0.25) is 5.91 Å². The first-order valence-corrected chi connectivity index (χ1v) is 15.8. The topological polar surface area (TPSA) is 113 Å². The molecule has 1 aromatic heterocycles. The number of hydrogen-bond donors (Lipinski definition) is 3. The summed E-state index contributed by atoms with van der Waals surface area (Å²) in [4.78, 5) is 25.2. The zero-order valence-electron chi connectivity index (χ0n) is 21.1. The van der Waals surface area contributed by atoms with Gasteiger partial charge in [-0.3, -0.25) is 9.48 Å². The lowest BCUT2D eigenvalue weighted by Gasteiger charge is -2.30. The van der Waals surface area contributed by atoms with Crippen molar-refractivity contribution in [3.8, 4) is 0 Å². The molecule has 2 aliphatic heterocycles. The Bertz CT molecular complexity index is 994. The van der Waals surface area contributed by atoms with E-state index in [2.05, 4.69) is 34.7 Å². The van der Waals surface area contributed by atoms with Gasteiger partial charge in [0.1, 0.15) is 0 Å². The van der Waals surface area contributed by atoms with Crippen molar-refractivity contribution in [1.82, 2.24) is 20.3 Å². The molecular weight excluding hydrogens is 462 g/mol. The molecule has 10 heteroatoms. The number of aromatic nitrogens is 3. The fraction of sp³-hybridized carbons (Fsp3) is 0.640. The molecular formula is C25H39N5O4Si. The Morgan fingerprint density at radius 1 is 1.23 bits per heavy atom. The van der Waals surface area contributed by atoms with Crippen molar-refractivity contribution in [3.05, 3.63) is 41.7 Å². The molecule has 35 heavy (non-hydrogen) atoms. The smallest absolute Gasteiger partial charge is 0.240 e. The van der Waals surface area contributed by atoms with E-state index in [4.69, 9.17) is 9.84 Å². The van der Waals surface area contributed by atoms with E-state index in [9.17, 15) is 9.59 Å². The van der Waals surface area contributed by atoms with Crippen molar-refractivity contribution < 1.29 is 19.4 Å². The molecule has 0 bridgehead atoms. The maximum absolute atomic E-state index is 12.3. The molecule has 2 aromatic rings. The minimum atomic E-state index is -2.44. The predicted octanol–water partition coefficient (Wildman–Crippen LogP) is 1.74. The fourth-order valence-electron chi connectivity index (χ4n) is 5.68. The molecule has 192 valence electrons. The Balaban J connectivity index is 1.38. The molecule has 3 heterocycles. The van der Waals surface area contributed by atoms with Crippen molar-refractivity contribution in [2.75, 3.05) is 31.1 Å². The molecule has 4 atom stereocenters. The Labute approximate surface area is 208 Å². The van der Waals surface area contributed by atoms with E-state index in [0.717, 1.165) is 37.2 Å². The SMILES string of the molecule is C[C@@H]1[C@@H]([Si](C)(C)O)[C@H](CCn2cc(CCO)nn2)O[C@@H]1CCc1cccc(N2CCNCC2=O)c1. The Kier molecular flexibility index (Phi) is 8.38. The number of ether oxygens (including phenoxy) is 1. The highest BCUT2D eigenvalue weighted by Gasteiger charge is 2.49. The van der Waals surface area contributed by atoms with Crippen molar-refractivity contribution in [2.24, 2.45) is 5.92 Å². The normalized spacial score (nSPS) is 25.4. The van der Waals surface area contributed by atoms with E-state index < -0.39 is 8.32 Å². The van der Waals surface area contributed by atoms with Crippen molar-refractivity contribution in [3.63, 3.8) is 0 Å². The molecule has 0 aliphatic carbocycles. The highest BCUT2D eigenvalue weighted by Crippen LogP contribution is 2.45. The second-order valence-electron chi connectivity index (χ2n) is 10.4. The minimum Gasteiger partial charge on any atom is -0.432 e. The summed E-state index contributed by atoms with van der Waals surface area (Å²) in [6.45, 7) is 8.85. The largest absolute Gasteiger partial charge is 0.432 e. The molecule has 0 unspecified atom stereocenters. The van der Waals surface area contributed by atoms with Crippen molar-refractivity contribution >= 4 is 19.9 Å². The summed E-state index contributed by atoms with van der Waals surface area (Å²) in [6.07, 6.45) is 4.95. The summed E-state index contributed by atoms with van der Waals surface area (Å²) < 4.78 is 8.38. The van der Waals surface area contributed by atoms with Gasteiger partial charge in [-0.15, -0.1) is 5.10 Å². The summed E-state index contributed by atoms with van der Waals surface area (Å²) in [5, 5.41) is 20.5. The van der Waals surface area contributed by atoms with Gasteiger partial charge in [0.05, 0.1) is 24.4 Å². The highest BCUT2D eigenvalue weighted by atomic mass is 28.4. The minimum absolute atomic E-state index is 0.0167. The average Bonchev–Trinajstić information content (AvgIpc) is 3.40. The third kappa shape index (κ3) is 6.37. The number of carbonyl (C=O) groups excluding carboxylic acids is 1. The first-order chi connectivity index (χ1) is 16.8. The van der Waals surface area contributed by atoms with Gasteiger partial charge in [0.15, 0.2) is 8.32 Å². The van der Waals surface area contributed by atoms with Gasteiger partial charge in [0.25, 0.3) is 0 Å². The number of aliphatic hydroxyl groups is 1. The lowest BCUT2D eigenvalue weighted by Crippen LogP contribution is -2.48. The number of benzene rings is 1. The van der Waals surface area contributed by atoms with E-state index in [1.165, 1.54) is 5.56 Å². The van der Waals surface area contributed by atoms with Crippen LogP contribution in [-0.2, 0) is 28.9 Å². The van der Waals surface area contributed by atoms with E-state index in [1.807, 2.05) is 36.3 Å². The number of carbonyl (C=O) groups is 1. The zero-order valence-corrected chi connectivity index (χ0v) is 22.1. The molecule has 2 aliphatic rings. The van der Waals surface area contributed by atoms with Gasteiger partial charge in [-0.2, -0.15) is 0 Å². The number of piperazine rings is 1. The Hall–Kier alpha value is -2.11. The van der Waals surface area contributed by atoms with E-state index in [1.54, 1.807) is 4.68 Å². The van der Waals surface area contributed by atoms with Crippen LogP contribution in [-0.4, -0.2) is 77.6 Å². The molecule has 0 radical (unpaired) electrons. The van der Waals surface area contributed by atoms with E-state index in [-0.39, 0.29) is 36.2 Å². The van der Waals surface area contributed by atoms with Gasteiger partial charge in [-0.05, 0) is 56.0 Å². The van der Waals surface area contributed by atoms with Crippen LogP contribution in [0.3, 0.4) is 0 Å². The van der Waals surface area contributed by atoms with Gasteiger partial charge in [0, 0.05) is 50.1 Å². The number of nitrogens with one attached hydrogen (secondary N) is 1. The first-order valence-electron chi connectivity index (χ1n) is 12.7. The molecule has 3 N–H and O–H groups in total. The number of anilines is 1. The number of aliphatic hydroxyl groups excluding tert-OH is 1. The quantitative estimate of drug-likeness (QED) is 0.425. The van der Waals surface area contributed by atoms with Crippen LogP contribution in [0.1, 0.15) is 31.0 Å². The standard InChI is InChI=1S/C25H39N5O4Si/c1-18-22(8-7-19-5-4-6-21(15-19)30-13-11-26-16-24(30)32)34-23(25(18)35(2,3)33)9-12-29-17-20(10-14-31)27-28-29/h4-6,15,17-18,22-23,25-26,31,33H,7-14,16H2,1-3H3/t18-,22+,23-,25+/m0/s1. The van der Waals surface area contributed by atoms with Gasteiger partial charge in [-0.1, -0.05) is 24.3 Å². The van der Waals surface area contributed by atoms with Crippen LogP contribution in [0.2, 0.25) is 18.6 Å². The molecule has 2 saturated heterocycles. The number of nitrogens with zero attached hydrogens (tertiary/aromatic N) is 4. The second kappa shape index (κ2) is 11.3. The molecule has 2 fully saturated rings. The first kappa shape index (κ1) is 26.0. The maximum Gasteiger partial charge on any atom is 0.240 e. The average molecular weight is 502 g/mol. The lowest BCUT2D eigenvalue weighted by atomic mass is 9.95. The van der Waals surface area contributed by atoms with Crippen molar-refractivity contribution in [2.45, 2.75) is 70.0 Å². The zero-order chi connectivity index (χ0) is 25.0. The van der Waals surface area contributed by atoms with Gasteiger partial charge in [-0.25, -0.2) is 0 Å². The number of rotatable bonds is 10. The summed E-state index contributed by atoms with van der Waals surface area (Å²) in [5.74, 6) is 0.378. The van der Waals surface area contributed by atoms with Crippen LogP contribution in [0.25, 0.3) is 0 Å². The highest BCUT2D eigenvalue weighted by molar-refractivity contribution is 6.71. The lowest BCUT2D eigenvalue weighted by molar-refractivity contribution is -0.118. The summed E-state index contributed by atoms with van der Waals surface area (Å²) in [7, 11) is -2.44. The van der Waals surface area contributed by atoms with Crippen LogP contribution < -0.4 is 10.2 Å². The van der Waals surface area contributed by atoms with E-state index in [0.29, 0.717) is 26.1 Å². The van der Waals surface area contributed by atoms with Gasteiger partial charge >= 0.3 is 0 Å². The van der Waals surface area contributed by atoms with Gasteiger partial charge < -0.3 is 24.9 Å². The van der Waals surface area contributed by atoms with Crippen LogP contribution in [0, 0.1) is 5.92 Å². The summed E-state index contributed by atoms with van der Waals surface area (Å²) >= 11 is 0. The molecule has 0 saturated carbocycles. The molecule has 1 aromatic carbocycles. The Morgan fingerprint density at radius 2 is 2.06 bits per heavy atom. The monoisotopic (exact) mass is 501 g/mol. The summed E-state index contributed by atoms with van der Waals surface area (Å²) in [6, 6.07) is 8.27. The number of hydrogen-bond acceptors (Lipinski definition) is 7. The third-order valence-corrected chi connectivity index (χ3v) is 9.87. The van der Waals surface area contributed by atoms with Crippen LogP contribution in [0.5, 0.6) is 0 Å². The number of aryl methyl sites for hydroxylation is 2. The van der Waals surface area contributed by atoms with Crippen molar-refractivity contribution in [1.29, 1.82) is 0 Å². The van der Waals surface area contributed by atoms with Crippen LogP contribution in [0.4, 0.5) is 5.69 Å². The molecule has 9 nitrogen and oxygen atoms in total. The van der Waals surface area contributed by atoms with E-state index >= 15 is 0 Å². The maximum atomic E-state index is 12.3. The molecule has 1 amide bonds. The fourth-order valence-corrected chi connectivity index (χ4v) is 8.34. The summed E-state index contributed by atoms with van der Waals surface area (Å²) in [5.41, 5.74) is 3.09. The number of amides is 1. The predicted molar refractivity (Wildman–Crippen MR) is 137 cm³/mol. The second-order valence-corrected chi connectivity index (χ2v) is 14.4. The van der Waals surface area contributed by atoms with Crippen LogP contribution >= 0.6 is 0 Å². The third-order valence-electron chi connectivity index (χ3n) is 7.34. The Morgan fingerprint density at radius 3 is 2.80 bits per heavy atom. The molecule has 0 spiro atoms. The van der Waals surface area contributed by atoms with Crippen LogP contribution in [0.15, 0.2) is 30.5 Å². The molecule has 4 rings (SSSR count).